The molecule has 1 aliphatic heterocycles. The number of hydrogen-bond acceptors (Lipinski definition) is 7. The Morgan fingerprint density at radius 1 is 1.16 bits per heavy atom. The van der Waals surface area contributed by atoms with Crippen LogP contribution in [-0.4, -0.2) is 48.8 Å². The maximum absolute atomic E-state index is 13.2. The number of methoxy groups -OCH3 is 2. The quantitative estimate of drug-likeness (QED) is 0.493. The van der Waals surface area contributed by atoms with Gasteiger partial charge in [-0.15, -0.1) is 0 Å². The van der Waals surface area contributed by atoms with Gasteiger partial charge in [0.2, 0.25) is 0 Å². The Labute approximate surface area is 180 Å². The van der Waals surface area contributed by atoms with Crippen LogP contribution in [0.4, 0.5) is 5.69 Å². The Kier molecular flexibility index (Phi) is 7.15. The summed E-state index contributed by atoms with van der Waals surface area (Å²) in [5.74, 6) is -0.0166. The van der Waals surface area contributed by atoms with Crippen molar-refractivity contribution in [3.05, 3.63) is 65.4 Å². The van der Waals surface area contributed by atoms with Crippen molar-refractivity contribution in [2.75, 3.05) is 26.6 Å². The first-order valence-corrected chi connectivity index (χ1v) is 9.81. The highest BCUT2D eigenvalue weighted by molar-refractivity contribution is 6.01. The summed E-state index contributed by atoms with van der Waals surface area (Å²) in [7, 11) is 2.79. The van der Waals surface area contributed by atoms with Crippen LogP contribution in [0.25, 0.3) is 0 Å². The molecule has 3 N–H and O–H groups in total. The fourth-order valence-electron chi connectivity index (χ4n) is 3.42. The van der Waals surface area contributed by atoms with E-state index in [1.807, 2.05) is 30.3 Å². The maximum atomic E-state index is 13.2. The van der Waals surface area contributed by atoms with Crippen molar-refractivity contribution in [3.63, 3.8) is 0 Å². The number of anilines is 1. The van der Waals surface area contributed by atoms with E-state index in [9.17, 15) is 14.7 Å². The topological polar surface area (TPSA) is 111 Å². The number of carbonyl (C=O) groups is 2. The van der Waals surface area contributed by atoms with Crippen LogP contribution in [0.3, 0.4) is 0 Å². The summed E-state index contributed by atoms with van der Waals surface area (Å²) >= 11 is 0. The monoisotopic (exact) mass is 426 g/mol. The molecule has 1 amide bonds. The molecule has 2 aromatic carbocycles. The number of hydrogen-bond donors (Lipinski definition) is 2. The Morgan fingerprint density at radius 3 is 2.55 bits per heavy atom. The number of nitrogens with zero attached hydrogens (tertiary/aromatic N) is 1. The van der Waals surface area contributed by atoms with Crippen LogP contribution >= 0.6 is 0 Å². The molecule has 31 heavy (non-hydrogen) atoms. The van der Waals surface area contributed by atoms with Gasteiger partial charge in [0.15, 0.2) is 11.5 Å². The standard InChI is InChI=1S/C23H26N2O6/c1-29-20-10-18(19(24)11-21(20)31-14-15-6-4-3-5-7-15)23(28)25-12-16(8-17(25)13-26)9-22(27)30-2/h3-7,10-12,17,26H,8-9,13-14,24H2,1-2H3. The SMILES string of the molecule is COC(=O)CC1=CN(C(=O)c2cc(OC)c(OCc3ccccc3)cc2N)C(CO)C1. The van der Waals surface area contributed by atoms with E-state index in [0.29, 0.717) is 30.1 Å². The lowest BCUT2D eigenvalue weighted by Gasteiger charge is -2.23. The molecule has 0 aromatic heterocycles. The molecule has 8 nitrogen and oxygen atoms in total. The Balaban J connectivity index is 1.82. The molecular formula is C23H26N2O6. The molecule has 0 fully saturated rings. The minimum absolute atomic E-state index is 0.0574. The Hall–Kier alpha value is -3.52. The van der Waals surface area contributed by atoms with Crippen molar-refractivity contribution < 1.29 is 28.9 Å². The van der Waals surface area contributed by atoms with E-state index >= 15 is 0 Å². The largest absolute Gasteiger partial charge is 0.493 e. The van der Waals surface area contributed by atoms with Crippen molar-refractivity contribution in [2.24, 2.45) is 0 Å². The molecule has 3 rings (SSSR count). The molecular weight excluding hydrogens is 400 g/mol. The molecule has 0 radical (unpaired) electrons. The molecule has 0 saturated carbocycles. The Bertz CT molecular complexity index is 974. The highest BCUT2D eigenvalue weighted by atomic mass is 16.5. The molecule has 0 bridgehead atoms. The van der Waals surface area contributed by atoms with Crippen molar-refractivity contribution >= 4 is 17.6 Å². The summed E-state index contributed by atoms with van der Waals surface area (Å²) in [6, 6.07) is 12.2. The van der Waals surface area contributed by atoms with Crippen molar-refractivity contribution in [1.82, 2.24) is 4.90 Å². The van der Waals surface area contributed by atoms with Gasteiger partial charge in [0.05, 0.1) is 38.9 Å². The highest BCUT2D eigenvalue weighted by Crippen LogP contribution is 2.35. The molecule has 1 heterocycles. The van der Waals surface area contributed by atoms with Crippen LogP contribution in [0.1, 0.15) is 28.8 Å². The molecule has 1 aliphatic rings. The molecule has 1 atom stereocenters. The number of nitrogen functional groups attached to an aromatic ring is 1. The van der Waals surface area contributed by atoms with Crippen LogP contribution in [-0.2, 0) is 16.1 Å². The molecule has 8 heteroatoms. The third-order valence-electron chi connectivity index (χ3n) is 5.06. The molecule has 0 saturated heterocycles. The van der Waals surface area contributed by atoms with Gasteiger partial charge < -0.3 is 30.0 Å². The van der Waals surface area contributed by atoms with Crippen LogP contribution in [0.15, 0.2) is 54.2 Å². The van der Waals surface area contributed by atoms with Gasteiger partial charge >= 0.3 is 5.97 Å². The van der Waals surface area contributed by atoms with E-state index in [1.54, 1.807) is 12.3 Å². The number of benzene rings is 2. The fraction of sp³-hybridized carbons (Fsp3) is 0.304. The van der Waals surface area contributed by atoms with E-state index in [1.165, 1.54) is 25.2 Å². The predicted octanol–water partition coefficient (Wildman–Crippen LogP) is 2.51. The van der Waals surface area contributed by atoms with E-state index in [4.69, 9.17) is 15.2 Å². The molecule has 0 aliphatic carbocycles. The third kappa shape index (κ3) is 5.16. The van der Waals surface area contributed by atoms with E-state index in [0.717, 1.165) is 5.56 Å². The number of carbonyl (C=O) groups excluding carboxylic acids is 2. The number of esters is 1. The predicted molar refractivity (Wildman–Crippen MR) is 115 cm³/mol. The van der Waals surface area contributed by atoms with Gasteiger partial charge in [-0.1, -0.05) is 30.3 Å². The number of rotatable bonds is 8. The second kappa shape index (κ2) is 9.99. The minimum atomic E-state index is -0.480. The summed E-state index contributed by atoms with van der Waals surface area (Å²) in [4.78, 5) is 26.1. The van der Waals surface area contributed by atoms with Crippen molar-refractivity contribution in [1.29, 1.82) is 0 Å². The highest BCUT2D eigenvalue weighted by Gasteiger charge is 2.31. The number of ether oxygens (including phenoxy) is 3. The van der Waals surface area contributed by atoms with E-state index < -0.39 is 17.9 Å². The summed E-state index contributed by atoms with van der Waals surface area (Å²) in [6.45, 7) is 0.0739. The summed E-state index contributed by atoms with van der Waals surface area (Å²) in [5.41, 5.74) is 8.29. The number of aliphatic hydroxyl groups is 1. The molecule has 164 valence electrons. The fourth-order valence-corrected chi connectivity index (χ4v) is 3.42. The number of amides is 1. The normalized spacial score (nSPS) is 15.4. The van der Waals surface area contributed by atoms with Gasteiger partial charge in [0, 0.05) is 18.0 Å². The maximum Gasteiger partial charge on any atom is 0.309 e. The Morgan fingerprint density at radius 2 is 1.90 bits per heavy atom. The number of aliphatic hydroxyl groups excluding tert-OH is 1. The lowest BCUT2D eigenvalue weighted by molar-refractivity contribution is -0.139. The summed E-state index contributed by atoms with van der Waals surface area (Å²) in [5, 5.41) is 9.71. The lowest BCUT2D eigenvalue weighted by atomic mass is 10.1. The van der Waals surface area contributed by atoms with E-state index in [2.05, 4.69) is 4.74 Å². The molecule has 2 aromatic rings. The first-order chi connectivity index (χ1) is 15.0. The zero-order valence-corrected chi connectivity index (χ0v) is 17.5. The van der Waals surface area contributed by atoms with Gasteiger partial charge in [0.1, 0.15) is 6.61 Å². The van der Waals surface area contributed by atoms with Gasteiger partial charge in [-0.3, -0.25) is 9.59 Å². The van der Waals surface area contributed by atoms with Crippen molar-refractivity contribution in [3.8, 4) is 11.5 Å². The third-order valence-corrected chi connectivity index (χ3v) is 5.06. The van der Waals surface area contributed by atoms with Gasteiger partial charge in [0.25, 0.3) is 5.91 Å². The van der Waals surface area contributed by atoms with E-state index in [-0.39, 0.29) is 24.3 Å². The summed E-state index contributed by atoms with van der Waals surface area (Å²) < 4.78 is 15.9. The van der Waals surface area contributed by atoms with Crippen LogP contribution < -0.4 is 15.2 Å². The smallest absolute Gasteiger partial charge is 0.309 e. The lowest BCUT2D eigenvalue weighted by Crippen LogP contribution is -2.35. The molecule has 1 unspecified atom stereocenters. The number of nitrogens with two attached hydrogens (primary N) is 1. The van der Waals surface area contributed by atoms with Gasteiger partial charge in [-0.25, -0.2) is 0 Å². The van der Waals surface area contributed by atoms with Gasteiger partial charge in [-0.05, 0) is 23.6 Å². The zero-order valence-electron chi connectivity index (χ0n) is 17.5. The van der Waals surface area contributed by atoms with Gasteiger partial charge in [-0.2, -0.15) is 0 Å². The second-order valence-electron chi connectivity index (χ2n) is 7.16. The van der Waals surface area contributed by atoms with Crippen LogP contribution in [0, 0.1) is 0 Å². The van der Waals surface area contributed by atoms with Crippen LogP contribution in [0.2, 0.25) is 0 Å². The minimum Gasteiger partial charge on any atom is -0.493 e. The first-order valence-electron chi connectivity index (χ1n) is 9.81. The molecule has 0 spiro atoms. The summed E-state index contributed by atoms with van der Waals surface area (Å²) in [6.07, 6.45) is 2.01. The van der Waals surface area contributed by atoms with Crippen molar-refractivity contribution in [2.45, 2.75) is 25.5 Å². The van der Waals surface area contributed by atoms with Crippen LogP contribution in [0.5, 0.6) is 11.5 Å². The average Bonchev–Trinajstić information content (AvgIpc) is 3.20. The zero-order chi connectivity index (χ0) is 22.4. The first kappa shape index (κ1) is 22.2. The second-order valence-corrected chi connectivity index (χ2v) is 7.16. The average molecular weight is 426 g/mol.